The Hall–Kier alpha value is -1.42. The molecule has 0 N–H and O–H groups in total. The number of carbonyl (C=O) groups is 2. The summed E-state index contributed by atoms with van der Waals surface area (Å²) in [6.07, 6.45) is 1.93. The standard InChI is InChI=1S/C22H41N5O4/c1-18(27(21(29)31-22(2,3)4)26-14-16-30-17-15-26)20(28)25-12-10-24(11-13-25)19-6-8-23(5)9-7-19/h18-19H,6-17H2,1-5H3/t18-/m1/s1. The average molecular weight is 440 g/mol. The lowest BCUT2D eigenvalue weighted by Gasteiger charge is -2.44. The van der Waals surface area contributed by atoms with E-state index in [0.29, 0.717) is 45.4 Å². The van der Waals surface area contributed by atoms with Gasteiger partial charge in [0.15, 0.2) is 0 Å². The predicted octanol–water partition coefficient (Wildman–Crippen LogP) is 1.10. The summed E-state index contributed by atoms with van der Waals surface area (Å²) in [5, 5.41) is 3.41. The molecule has 0 radical (unpaired) electrons. The summed E-state index contributed by atoms with van der Waals surface area (Å²) < 4.78 is 11.1. The van der Waals surface area contributed by atoms with Crippen molar-refractivity contribution < 1.29 is 19.1 Å². The maximum Gasteiger partial charge on any atom is 0.425 e. The average Bonchev–Trinajstić information content (AvgIpc) is 2.73. The quantitative estimate of drug-likeness (QED) is 0.650. The van der Waals surface area contributed by atoms with E-state index in [1.165, 1.54) is 17.9 Å². The van der Waals surface area contributed by atoms with Crippen LogP contribution in [0.25, 0.3) is 0 Å². The van der Waals surface area contributed by atoms with Gasteiger partial charge in [0.2, 0.25) is 5.91 Å². The summed E-state index contributed by atoms with van der Waals surface area (Å²) in [6.45, 7) is 15.1. The second-order valence-electron chi connectivity index (χ2n) is 9.96. The number of hydrogen-bond acceptors (Lipinski definition) is 7. The summed E-state index contributed by atoms with van der Waals surface area (Å²) in [4.78, 5) is 33.2. The normalized spacial score (nSPS) is 24.1. The van der Waals surface area contributed by atoms with Gasteiger partial charge in [0.05, 0.1) is 13.2 Å². The molecule has 0 aromatic rings. The highest BCUT2D eigenvalue weighted by atomic mass is 16.6. The Bertz CT molecular complexity index is 604. The van der Waals surface area contributed by atoms with E-state index in [9.17, 15) is 9.59 Å². The molecular formula is C22H41N5O4. The second-order valence-corrected chi connectivity index (χ2v) is 9.96. The number of hydrazine groups is 1. The van der Waals surface area contributed by atoms with Gasteiger partial charge in [-0.1, -0.05) is 0 Å². The maximum absolute atomic E-state index is 13.4. The number of ether oxygens (including phenoxy) is 2. The molecule has 1 atom stereocenters. The monoisotopic (exact) mass is 439 g/mol. The van der Waals surface area contributed by atoms with Crippen LogP contribution in [-0.4, -0.2) is 127 Å². The smallest absolute Gasteiger partial charge is 0.425 e. The Balaban J connectivity index is 1.60. The Kier molecular flexibility index (Phi) is 8.18. The minimum atomic E-state index is -0.621. The molecule has 9 heteroatoms. The van der Waals surface area contributed by atoms with Gasteiger partial charge in [-0.3, -0.25) is 9.69 Å². The zero-order valence-electron chi connectivity index (χ0n) is 20.0. The molecule has 0 bridgehead atoms. The molecule has 0 unspecified atom stereocenters. The van der Waals surface area contributed by atoms with Crippen molar-refractivity contribution in [2.24, 2.45) is 0 Å². The molecule has 31 heavy (non-hydrogen) atoms. The van der Waals surface area contributed by atoms with Crippen molar-refractivity contribution in [2.75, 3.05) is 72.6 Å². The van der Waals surface area contributed by atoms with Crippen molar-refractivity contribution in [1.82, 2.24) is 24.7 Å². The molecule has 3 fully saturated rings. The second kappa shape index (κ2) is 10.5. The van der Waals surface area contributed by atoms with Gasteiger partial charge in [0, 0.05) is 45.3 Å². The van der Waals surface area contributed by atoms with Gasteiger partial charge < -0.3 is 19.3 Å². The van der Waals surface area contributed by atoms with E-state index < -0.39 is 17.7 Å². The van der Waals surface area contributed by atoms with E-state index in [4.69, 9.17) is 9.47 Å². The third kappa shape index (κ3) is 6.54. The molecule has 3 aliphatic heterocycles. The van der Waals surface area contributed by atoms with Gasteiger partial charge in [-0.05, 0) is 60.7 Å². The Labute approximate surface area is 187 Å². The number of amides is 2. The number of morpholine rings is 1. The molecule has 3 aliphatic rings. The van der Waals surface area contributed by atoms with Crippen LogP contribution in [0.5, 0.6) is 0 Å². The van der Waals surface area contributed by atoms with Gasteiger partial charge in [0.1, 0.15) is 11.6 Å². The van der Waals surface area contributed by atoms with Crippen molar-refractivity contribution in [2.45, 2.75) is 58.2 Å². The van der Waals surface area contributed by atoms with E-state index in [-0.39, 0.29) is 5.91 Å². The lowest BCUT2D eigenvalue weighted by atomic mass is 10.0. The Morgan fingerprint density at radius 2 is 1.55 bits per heavy atom. The summed E-state index contributed by atoms with van der Waals surface area (Å²) >= 11 is 0. The lowest BCUT2D eigenvalue weighted by Crippen LogP contribution is -2.62. The van der Waals surface area contributed by atoms with Gasteiger partial charge >= 0.3 is 6.09 Å². The van der Waals surface area contributed by atoms with Crippen LogP contribution >= 0.6 is 0 Å². The van der Waals surface area contributed by atoms with Crippen LogP contribution in [0.15, 0.2) is 0 Å². The molecule has 0 aromatic carbocycles. The predicted molar refractivity (Wildman–Crippen MR) is 119 cm³/mol. The van der Waals surface area contributed by atoms with Gasteiger partial charge in [0.25, 0.3) is 0 Å². The first-order valence-electron chi connectivity index (χ1n) is 11.7. The number of carbonyl (C=O) groups excluding carboxylic acids is 2. The third-order valence-corrected chi connectivity index (χ3v) is 6.43. The summed E-state index contributed by atoms with van der Waals surface area (Å²) in [6, 6.07) is 0.0142. The third-order valence-electron chi connectivity index (χ3n) is 6.43. The van der Waals surface area contributed by atoms with Crippen LogP contribution < -0.4 is 0 Å². The molecule has 2 amide bonds. The summed E-state index contributed by atoms with van der Waals surface area (Å²) in [5.74, 6) is -0.0135. The van der Waals surface area contributed by atoms with Crippen molar-refractivity contribution in [3.05, 3.63) is 0 Å². The number of nitrogens with zero attached hydrogens (tertiary/aromatic N) is 5. The topological polar surface area (TPSA) is 68.8 Å². The van der Waals surface area contributed by atoms with E-state index in [0.717, 1.165) is 26.2 Å². The largest absolute Gasteiger partial charge is 0.443 e. The number of piperazine rings is 1. The number of likely N-dealkylation sites (tertiary alicyclic amines) is 1. The molecule has 3 rings (SSSR count). The molecule has 0 saturated carbocycles. The van der Waals surface area contributed by atoms with E-state index in [1.807, 2.05) is 37.6 Å². The van der Waals surface area contributed by atoms with Crippen LogP contribution in [0.2, 0.25) is 0 Å². The van der Waals surface area contributed by atoms with Crippen LogP contribution in [0.1, 0.15) is 40.5 Å². The molecule has 9 nitrogen and oxygen atoms in total. The fraction of sp³-hybridized carbons (Fsp3) is 0.909. The van der Waals surface area contributed by atoms with Gasteiger partial charge in [-0.15, -0.1) is 0 Å². The molecule has 0 aromatic heterocycles. The van der Waals surface area contributed by atoms with E-state index >= 15 is 0 Å². The molecule has 3 heterocycles. The van der Waals surface area contributed by atoms with Crippen LogP contribution in [-0.2, 0) is 14.3 Å². The summed E-state index contributed by atoms with van der Waals surface area (Å²) in [5.41, 5.74) is -0.621. The van der Waals surface area contributed by atoms with Crippen LogP contribution in [0.3, 0.4) is 0 Å². The van der Waals surface area contributed by atoms with Crippen molar-refractivity contribution in [3.63, 3.8) is 0 Å². The highest BCUT2D eigenvalue weighted by Crippen LogP contribution is 2.20. The van der Waals surface area contributed by atoms with Crippen molar-refractivity contribution in [3.8, 4) is 0 Å². The molecule has 3 saturated heterocycles. The highest BCUT2D eigenvalue weighted by Gasteiger charge is 2.38. The molecule has 0 aliphatic carbocycles. The first kappa shape index (κ1) is 24.2. The first-order chi connectivity index (χ1) is 14.7. The van der Waals surface area contributed by atoms with Crippen molar-refractivity contribution in [1.29, 1.82) is 0 Å². The lowest BCUT2D eigenvalue weighted by molar-refractivity contribution is -0.152. The van der Waals surface area contributed by atoms with E-state index in [2.05, 4.69) is 16.8 Å². The Morgan fingerprint density at radius 1 is 0.968 bits per heavy atom. The van der Waals surface area contributed by atoms with Gasteiger partial charge in [-0.2, -0.15) is 0 Å². The highest BCUT2D eigenvalue weighted by molar-refractivity contribution is 5.85. The minimum absolute atomic E-state index is 0.0135. The zero-order chi connectivity index (χ0) is 22.6. The SMILES string of the molecule is C[C@H](C(=O)N1CCN(C2CCN(C)CC2)CC1)N(C(=O)OC(C)(C)C)N1CCOCC1. The fourth-order valence-corrected chi connectivity index (χ4v) is 4.63. The molecule has 178 valence electrons. The molecule has 0 spiro atoms. The zero-order valence-corrected chi connectivity index (χ0v) is 20.0. The molecular weight excluding hydrogens is 398 g/mol. The van der Waals surface area contributed by atoms with Gasteiger partial charge in [-0.25, -0.2) is 14.8 Å². The first-order valence-corrected chi connectivity index (χ1v) is 11.7. The fourth-order valence-electron chi connectivity index (χ4n) is 4.63. The Morgan fingerprint density at radius 3 is 2.10 bits per heavy atom. The van der Waals surface area contributed by atoms with Crippen LogP contribution in [0, 0.1) is 0 Å². The van der Waals surface area contributed by atoms with E-state index in [1.54, 1.807) is 0 Å². The minimum Gasteiger partial charge on any atom is -0.443 e. The number of hydrogen-bond donors (Lipinski definition) is 0. The number of rotatable bonds is 4. The van der Waals surface area contributed by atoms with Crippen LogP contribution in [0.4, 0.5) is 4.79 Å². The van der Waals surface area contributed by atoms with Crippen molar-refractivity contribution >= 4 is 12.0 Å². The maximum atomic E-state index is 13.4. The number of piperidine rings is 1. The summed E-state index contributed by atoms with van der Waals surface area (Å²) in [7, 11) is 2.18.